The molecule has 33 heavy (non-hydrogen) atoms. The molecule has 2 aromatic heterocycles. The third-order valence-corrected chi connectivity index (χ3v) is 4.83. The third-order valence-electron chi connectivity index (χ3n) is 4.83. The Labute approximate surface area is 191 Å². The number of hydrogen-bond acceptors (Lipinski definition) is 5. The molecular formula is C25H24FN5O2. The quantitative estimate of drug-likeness (QED) is 0.313. The van der Waals surface area contributed by atoms with E-state index >= 15 is 0 Å². The molecule has 0 aliphatic heterocycles. The summed E-state index contributed by atoms with van der Waals surface area (Å²) < 4.78 is 25.6. The second kappa shape index (κ2) is 10.4. The van der Waals surface area contributed by atoms with Crippen molar-refractivity contribution in [2.75, 3.05) is 7.05 Å². The van der Waals surface area contributed by atoms with E-state index in [-0.39, 0.29) is 5.75 Å². The van der Waals surface area contributed by atoms with Gasteiger partial charge in [0.15, 0.2) is 17.5 Å². The molecule has 4 rings (SSSR count). The van der Waals surface area contributed by atoms with Crippen LogP contribution >= 0.6 is 0 Å². The number of ether oxygens (including phenoxy) is 1. The molecule has 0 aliphatic rings. The molecule has 7 nitrogen and oxygen atoms in total. The number of halogens is 1. The molecule has 4 aromatic rings. The van der Waals surface area contributed by atoms with Crippen LogP contribution < -0.4 is 15.4 Å². The van der Waals surface area contributed by atoms with Gasteiger partial charge in [-0.3, -0.25) is 9.98 Å². The predicted octanol–water partition coefficient (Wildman–Crippen LogP) is 4.84. The first-order valence-electron chi connectivity index (χ1n) is 10.4. The molecule has 168 valence electrons. The maximum atomic E-state index is 14.4. The molecule has 2 aromatic carbocycles. The Morgan fingerprint density at radius 3 is 2.64 bits per heavy atom. The van der Waals surface area contributed by atoms with Gasteiger partial charge in [-0.25, -0.2) is 9.37 Å². The molecule has 8 heteroatoms. The van der Waals surface area contributed by atoms with Crippen molar-refractivity contribution in [3.05, 3.63) is 95.9 Å². The molecule has 0 aliphatic carbocycles. The highest BCUT2D eigenvalue weighted by molar-refractivity contribution is 5.79. The van der Waals surface area contributed by atoms with E-state index in [2.05, 4.69) is 25.6 Å². The standard InChI is InChI=1S/C25H24FN5O2/c1-17-5-8-19(9-6-17)24-31-20(16-32-24)14-30-25(27-2)29-13-18-7-10-23(22(26)12-18)33-21-4-3-11-28-15-21/h3-12,15-16H,13-14H2,1-2H3,(H2,27,29,30). The van der Waals surface area contributed by atoms with Crippen LogP contribution in [-0.4, -0.2) is 23.0 Å². The monoisotopic (exact) mass is 445 g/mol. The summed E-state index contributed by atoms with van der Waals surface area (Å²) in [6.45, 7) is 2.85. The molecule has 0 saturated carbocycles. The fourth-order valence-electron chi connectivity index (χ4n) is 3.07. The van der Waals surface area contributed by atoms with Crippen molar-refractivity contribution < 1.29 is 13.5 Å². The van der Waals surface area contributed by atoms with Gasteiger partial charge in [-0.15, -0.1) is 0 Å². The van der Waals surface area contributed by atoms with E-state index in [9.17, 15) is 4.39 Å². The smallest absolute Gasteiger partial charge is 0.226 e. The first-order chi connectivity index (χ1) is 16.1. The van der Waals surface area contributed by atoms with Crippen molar-refractivity contribution in [3.63, 3.8) is 0 Å². The van der Waals surface area contributed by atoms with Gasteiger partial charge in [-0.2, -0.15) is 0 Å². The second-order valence-corrected chi connectivity index (χ2v) is 7.34. The molecule has 0 fully saturated rings. The van der Waals surface area contributed by atoms with Crippen LogP contribution in [0, 0.1) is 12.7 Å². The van der Waals surface area contributed by atoms with Crippen molar-refractivity contribution in [3.8, 4) is 23.0 Å². The SMILES string of the molecule is CN=C(NCc1ccc(Oc2cccnc2)c(F)c1)NCc1coc(-c2ccc(C)cc2)n1. The average Bonchev–Trinajstić information content (AvgIpc) is 3.31. The van der Waals surface area contributed by atoms with Crippen LogP contribution in [0.5, 0.6) is 11.5 Å². The van der Waals surface area contributed by atoms with Gasteiger partial charge in [0.1, 0.15) is 12.0 Å². The molecule has 2 N–H and O–H groups in total. The lowest BCUT2D eigenvalue weighted by atomic mass is 10.1. The largest absolute Gasteiger partial charge is 0.453 e. The number of rotatable bonds is 7. The van der Waals surface area contributed by atoms with Crippen LogP contribution in [0.3, 0.4) is 0 Å². The van der Waals surface area contributed by atoms with Crippen LogP contribution in [0.1, 0.15) is 16.8 Å². The molecule has 0 atom stereocenters. The van der Waals surface area contributed by atoms with Crippen molar-refractivity contribution in [2.24, 2.45) is 4.99 Å². The van der Waals surface area contributed by atoms with E-state index in [0.717, 1.165) is 16.8 Å². The Kier molecular flexibility index (Phi) is 6.94. The Bertz CT molecular complexity index is 1220. The van der Waals surface area contributed by atoms with Crippen molar-refractivity contribution in [1.82, 2.24) is 20.6 Å². The first-order valence-corrected chi connectivity index (χ1v) is 10.4. The van der Waals surface area contributed by atoms with Crippen LogP contribution in [-0.2, 0) is 13.1 Å². The summed E-state index contributed by atoms with van der Waals surface area (Å²) in [5.74, 6) is 1.30. The van der Waals surface area contributed by atoms with E-state index in [1.165, 1.54) is 17.8 Å². The number of pyridine rings is 1. The Morgan fingerprint density at radius 1 is 1.09 bits per heavy atom. The van der Waals surface area contributed by atoms with E-state index in [1.807, 2.05) is 31.2 Å². The summed E-state index contributed by atoms with van der Waals surface area (Å²) in [6.07, 6.45) is 4.78. The summed E-state index contributed by atoms with van der Waals surface area (Å²) in [7, 11) is 1.67. The van der Waals surface area contributed by atoms with Crippen LogP contribution in [0.4, 0.5) is 4.39 Å². The molecule has 0 bridgehead atoms. The summed E-state index contributed by atoms with van der Waals surface area (Å²) in [5.41, 5.74) is 3.60. The minimum atomic E-state index is -0.452. The van der Waals surface area contributed by atoms with Gasteiger partial charge in [0, 0.05) is 25.4 Å². The highest BCUT2D eigenvalue weighted by Crippen LogP contribution is 2.24. The molecule has 0 unspecified atom stereocenters. The topological polar surface area (TPSA) is 84.6 Å². The second-order valence-electron chi connectivity index (χ2n) is 7.34. The van der Waals surface area contributed by atoms with E-state index in [0.29, 0.717) is 30.7 Å². The van der Waals surface area contributed by atoms with Crippen LogP contribution in [0.2, 0.25) is 0 Å². The van der Waals surface area contributed by atoms with Gasteiger partial charge in [-0.05, 0) is 48.9 Å². The van der Waals surface area contributed by atoms with Crippen LogP contribution in [0.15, 0.2) is 82.7 Å². The van der Waals surface area contributed by atoms with Crippen molar-refractivity contribution in [1.29, 1.82) is 0 Å². The minimum absolute atomic E-state index is 0.143. The van der Waals surface area contributed by atoms with Crippen molar-refractivity contribution >= 4 is 5.96 Å². The molecule has 2 heterocycles. The summed E-state index contributed by atoms with van der Waals surface area (Å²) in [4.78, 5) is 12.7. The van der Waals surface area contributed by atoms with Crippen molar-refractivity contribution in [2.45, 2.75) is 20.0 Å². The molecule has 0 radical (unpaired) electrons. The lowest BCUT2D eigenvalue weighted by molar-refractivity contribution is 0.440. The fraction of sp³-hybridized carbons (Fsp3) is 0.160. The average molecular weight is 445 g/mol. The number of oxazole rings is 1. The summed E-state index contributed by atoms with van der Waals surface area (Å²) >= 11 is 0. The lowest BCUT2D eigenvalue weighted by Crippen LogP contribution is -2.36. The van der Waals surface area contributed by atoms with E-state index in [4.69, 9.17) is 9.15 Å². The van der Waals surface area contributed by atoms with Crippen LogP contribution in [0.25, 0.3) is 11.5 Å². The van der Waals surface area contributed by atoms with Gasteiger partial charge in [-0.1, -0.05) is 23.8 Å². The molecule has 0 saturated heterocycles. The van der Waals surface area contributed by atoms with Gasteiger partial charge in [0.05, 0.1) is 18.4 Å². The number of nitrogens with one attached hydrogen (secondary N) is 2. The van der Waals surface area contributed by atoms with E-state index in [1.54, 1.807) is 43.8 Å². The maximum Gasteiger partial charge on any atom is 0.226 e. The van der Waals surface area contributed by atoms with Gasteiger partial charge in [0.25, 0.3) is 0 Å². The molecule has 0 spiro atoms. The zero-order valence-corrected chi connectivity index (χ0v) is 18.4. The number of aliphatic imine (C=N–C) groups is 1. The summed E-state index contributed by atoms with van der Waals surface area (Å²) in [6, 6.07) is 16.3. The number of benzene rings is 2. The fourth-order valence-corrected chi connectivity index (χ4v) is 3.07. The lowest BCUT2D eigenvalue weighted by Gasteiger charge is -2.12. The highest BCUT2D eigenvalue weighted by Gasteiger charge is 2.09. The first kappa shape index (κ1) is 22.0. The summed E-state index contributed by atoms with van der Waals surface area (Å²) in [5, 5.41) is 6.34. The zero-order valence-electron chi connectivity index (χ0n) is 18.4. The highest BCUT2D eigenvalue weighted by atomic mass is 19.1. The zero-order chi connectivity index (χ0) is 23.0. The van der Waals surface area contributed by atoms with E-state index < -0.39 is 5.82 Å². The number of aromatic nitrogens is 2. The minimum Gasteiger partial charge on any atom is -0.453 e. The molecule has 0 amide bonds. The Morgan fingerprint density at radius 2 is 1.91 bits per heavy atom. The molecular weight excluding hydrogens is 421 g/mol. The predicted molar refractivity (Wildman–Crippen MR) is 124 cm³/mol. The normalized spacial score (nSPS) is 11.3. The van der Waals surface area contributed by atoms with Gasteiger partial charge >= 0.3 is 0 Å². The Hall–Kier alpha value is -4.20. The maximum absolute atomic E-state index is 14.4. The van der Waals surface area contributed by atoms with Gasteiger partial charge in [0.2, 0.25) is 5.89 Å². The number of aryl methyl sites for hydroxylation is 1. The Balaban J connectivity index is 1.30. The number of hydrogen-bond donors (Lipinski definition) is 2. The van der Waals surface area contributed by atoms with Gasteiger partial charge < -0.3 is 19.8 Å². The third kappa shape index (κ3) is 5.94. The number of nitrogens with zero attached hydrogens (tertiary/aromatic N) is 3. The number of guanidine groups is 1.